The van der Waals surface area contributed by atoms with Gasteiger partial charge in [0.2, 0.25) is 0 Å². The normalized spacial score (nSPS) is 10.6. The Bertz CT molecular complexity index is 70.8. The van der Waals surface area contributed by atoms with Crippen molar-refractivity contribution in [2.75, 3.05) is 0 Å². The van der Waals surface area contributed by atoms with Crippen LogP contribution < -0.4 is 0 Å². The third-order valence-corrected chi connectivity index (χ3v) is 1.33. The van der Waals surface area contributed by atoms with Crippen LogP contribution in [0.3, 0.4) is 0 Å². The molecule has 0 bridgehead atoms. The summed E-state index contributed by atoms with van der Waals surface area (Å²) in [5.74, 6) is 0. The summed E-state index contributed by atoms with van der Waals surface area (Å²) in [6.07, 6.45) is 0. The van der Waals surface area contributed by atoms with Crippen molar-refractivity contribution in [3.63, 3.8) is 0 Å². The molecule has 2 nitrogen and oxygen atoms in total. The molecule has 0 aromatic carbocycles. The van der Waals surface area contributed by atoms with Gasteiger partial charge in [0, 0.05) is 0 Å². The fourth-order valence-electron chi connectivity index (χ4n) is 0. The number of hydrogen-bond donors (Lipinski definition) is 1. The van der Waals surface area contributed by atoms with Gasteiger partial charge in [-0.15, -0.1) is 0 Å². The molecule has 0 aromatic heterocycles. The zero-order chi connectivity index (χ0) is 5.15. The molecule has 40 valence electrons. The quantitative estimate of drug-likeness (QED) is 0.445. The molecule has 0 aliphatic carbocycles. The van der Waals surface area contributed by atoms with Crippen LogP contribution in [0.4, 0.5) is 0 Å². The maximum Gasteiger partial charge on any atom is 2.00 e. The van der Waals surface area contributed by atoms with E-state index in [2.05, 4.69) is 0 Å². The van der Waals surface area contributed by atoms with E-state index in [9.17, 15) is 4.57 Å². The molecule has 1 atom stereocenters. The largest absolute Gasteiger partial charge is 2.00 e. The first-order chi connectivity index (χ1) is 2.64. The van der Waals surface area contributed by atoms with E-state index in [1.54, 1.807) is 13.8 Å². The monoisotopic (exact) mass is 149 g/mol. The van der Waals surface area contributed by atoms with Gasteiger partial charge < -0.3 is 2.85 Å². The van der Waals surface area contributed by atoms with E-state index >= 15 is 0 Å². The van der Waals surface area contributed by atoms with Crippen LogP contribution in [0.1, 0.15) is 16.7 Å². The molecule has 0 saturated heterocycles. The maximum atomic E-state index is 9.85. The third-order valence-electron chi connectivity index (χ3n) is 0.442. The Labute approximate surface area is 77.1 Å². The van der Waals surface area contributed by atoms with Crippen LogP contribution in [0.25, 0.3) is 0 Å². The zero-order valence-electron chi connectivity index (χ0n) is 6.59. The average molecular weight is 149 g/mol. The second-order valence-electron chi connectivity index (χ2n) is 1.40. The topological polar surface area (TPSA) is 37.3 Å². The van der Waals surface area contributed by atoms with E-state index < -0.39 is 8.03 Å². The Morgan fingerprint density at radius 3 is 1.86 bits per heavy atom. The van der Waals surface area contributed by atoms with Crippen LogP contribution in [-0.4, -0.2) is 48.3 Å². The van der Waals surface area contributed by atoms with Gasteiger partial charge >= 0.3 is 45.8 Å². The minimum absolute atomic E-state index is 0. The Morgan fingerprint density at radius 1 is 1.71 bits per heavy atom. The van der Waals surface area contributed by atoms with Gasteiger partial charge in [-0.25, -0.2) is 0 Å². The van der Waals surface area contributed by atoms with Crippen molar-refractivity contribution in [2.45, 2.75) is 19.5 Å². The van der Waals surface area contributed by atoms with E-state index in [4.69, 9.17) is 4.89 Å². The molecule has 0 aromatic rings. The van der Waals surface area contributed by atoms with E-state index in [1.807, 2.05) is 0 Å². The van der Waals surface area contributed by atoms with E-state index in [0.29, 0.717) is 0 Å². The van der Waals surface area contributed by atoms with Crippen LogP contribution in [0, 0.1) is 0 Å². The van der Waals surface area contributed by atoms with Crippen molar-refractivity contribution in [3.05, 3.63) is 0 Å². The second-order valence-corrected chi connectivity index (χ2v) is 3.03. The number of rotatable bonds is 1. The molecule has 0 fully saturated rings. The van der Waals surface area contributed by atoms with Gasteiger partial charge in [-0.1, -0.05) is 0 Å². The Balaban J connectivity index is -0.0000000417. The smallest absolute Gasteiger partial charge is 1.00 e. The molecule has 0 saturated carbocycles. The standard InChI is InChI=1S/C3H7O2P.Ca.2H/c1-3(2)6(4)5;;;/h3H,1-2H3;;;/q;+2;2*-1/p+1. The molecule has 0 amide bonds. The first-order valence-corrected chi connectivity index (χ1v) is 3.08. The van der Waals surface area contributed by atoms with Gasteiger partial charge in [-0.05, 0) is 18.4 Å². The molecule has 4 heteroatoms. The Hall–Kier alpha value is 1.32. The average Bonchev–Trinajstić information content (AvgIpc) is 1.36. The van der Waals surface area contributed by atoms with Gasteiger partial charge in [0.1, 0.15) is 0 Å². The molecule has 0 spiro atoms. The molecule has 1 N–H and O–H groups in total. The summed E-state index contributed by atoms with van der Waals surface area (Å²) in [6, 6.07) is 0. The summed E-state index contributed by atoms with van der Waals surface area (Å²) in [6.45, 7) is 3.41. The molecule has 0 aliphatic heterocycles. The van der Waals surface area contributed by atoms with Crippen molar-refractivity contribution in [1.29, 1.82) is 0 Å². The van der Waals surface area contributed by atoms with Gasteiger partial charge in [-0.2, -0.15) is 4.89 Å². The summed E-state index contributed by atoms with van der Waals surface area (Å²) < 4.78 is 9.85. The molecule has 0 radical (unpaired) electrons. The van der Waals surface area contributed by atoms with Crippen LogP contribution in [0.15, 0.2) is 0 Å². The van der Waals surface area contributed by atoms with Gasteiger partial charge in [0.05, 0.1) is 0 Å². The van der Waals surface area contributed by atoms with Crippen LogP contribution >= 0.6 is 8.03 Å². The summed E-state index contributed by atoms with van der Waals surface area (Å²) >= 11 is 0. The molecule has 1 unspecified atom stereocenters. The Kier molecular flexibility index (Phi) is 8.70. The van der Waals surface area contributed by atoms with Gasteiger partial charge in [0.15, 0.2) is 5.66 Å². The van der Waals surface area contributed by atoms with E-state index in [1.165, 1.54) is 0 Å². The predicted octanol–water partition coefficient (Wildman–Crippen LogP) is 0.974. The first kappa shape index (κ1) is 11.2. The van der Waals surface area contributed by atoms with Gasteiger partial charge in [0.25, 0.3) is 0 Å². The minimum atomic E-state index is -1.91. The molecule has 0 aliphatic rings. The van der Waals surface area contributed by atoms with Crippen LogP contribution in [-0.2, 0) is 4.57 Å². The summed E-state index contributed by atoms with van der Waals surface area (Å²) in [5.41, 5.74) is -0.0833. The molecule has 7 heavy (non-hydrogen) atoms. The molecular formula is C3H10CaO2P+. The van der Waals surface area contributed by atoms with Crippen molar-refractivity contribution in [3.8, 4) is 0 Å². The van der Waals surface area contributed by atoms with Crippen molar-refractivity contribution in [2.24, 2.45) is 0 Å². The van der Waals surface area contributed by atoms with E-state index in [0.717, 1.165) is 0 Å². The van der Waals surface area contributed by atoms with Crippen molar-refractivity contribution in [1.82, 2.24) is 0 Å². The summed E-state index contributed by atoms with van der Waals surface area (Å²) in [5, 5.41) is 0. The van der Waals surface area contributed by atoms with Crippen molar-refractivity contribution < 1.29 is 12.3 Å². The van der Waals surface area contributed by atoms with Crippen molar-refractivity contribution >= 4 is 45.8 Å². The second kappa shape index (κ2) is 5.46. The zero-order valence-corrected chi connectivity index (χ0v) is 7.69. The molecule has 0 heterocycles. The number of hydrogen-bond acceptors (Lipinski definition) is 1. The summed E-state index contributed by atoms with van der Waals surface area (Å²) in [4.78, 5) is 8.14. The SMILES string of the molecule is CC(C)[P+](=O)O.[Ca+2].[H-].[H-]. The molecule has 0 rings (SSSR count). The minimum Gasteiger partial charge on any atom is -1.00 e. The van der Waals surface area contributed by atoms with E-state index in [-0.39, 0.29) is 46.3 Å². The third kappa shape index (κ3) is 7.32. The predicted molar refractivity (Wildman–Crippen MR) is 32.9 cm³/mol. The van der Waals surface area contributed by atoms with Gasteiger partial charge in [-0.3, -0.25) is 0 Å². The van der Waals surface area contributed by atoms with Crippen LogP contribution in [0.5, 0.6) is 0 Å². The van der Waals surface area contributed by atoms with Crippen LogP contribution in [0.2, 0.25) is 0 Å². The fourth-order valence-corrected chi connectivity index (χ4v) is 0. The molecular weight excluding hydrogens is 139 g/mol. The summed E-state index contributed by atoms with van der Waals surface area (Å²) in [7, 11) is -1.91. The Morgan fingerprint density at radius 2 is 1.86 bits per heavy atom. The fraction of sp³-hybridized carbons (Fsp3) is 1.00. The first-order valence-electron chi connectivity index (χ1n) is 1.80. The maximum absolute atomic E-state index is 9.85.